The van der Waals surface area contributed by atoms with Crippen LogP contribution in [-0.2, 0) is 19.1 Å². The van der Waals surface area contributed by atoms with Crippen LogP contribution in [0.3, 0.4) is 0 Å². The summed E-state index contributed by atoms with van der Waals surface area (Å²) in [5.41, 5.74) is -0.146. The van der Waals surface area contributed by atoms with Gasteiger partial charge < -0.3 is 14.6 Å². The lowest BCUT2D eigenvalue weighted by Crippen LogP contribution is -2.46. The van der Waals surface area contributed by atoms with Crippen molar-refractivity contribution in [3.63, 3.8) is 0 Å². The van der Waals surface area contributed by atoms with E-state index in [0.29, 0.717) is 30.4 Å². The van der Waals surface area contributed by atoms with E-state index in [0.717, 1.165) is 49.6 Å². The number of hydrogen-bond acceptors (Lipinski definition) is 4. The van der Waals surface area contributed by atoms with Crippen molar-refractivity contribution in [1.29, 1.82) is 0 Å². The van der Waals surface area contributed by atoms with Gasteiger partial charge in [0.25, 0.3) is 0 Å². The number of nitrogens with zero attached hydrogens (tertiary/aromatic N) is 4. The second kappa shape index (κ2) is 9.88. The van der Waals surface area contributed by atoms with E-state index >= 15 is 0 Å². The number of H-pyrrole nitrogens is 1. The summed E-state index contributed by atoms with van der Waals surface area (Å²) in [6.45, 7) is 2.30. The predicted molar refractivity (Wildman–Crippen MR) is 113 cm³/mol. The van der Waals surface area contributed by atoms with Crippen molar-refractivity contribution in [2.45, 2.75) is 37.9 Å². The summed E-state index contributed by atoms with van der Waals surface area (Å²) in [7, 11) is 0. The third-order valence-electron chi connectivity index (χ3n) is 5.52. The van der Waals surface area contributed by atoms with Crippen LogP contribution in [0, 0.1) is 0 Å². The maximum absolute atomic E-state index is 13.0. The van der Waals surface area contributed by atoms with Gasteiger partial charge in [0.15, 0.2) is 5.96 Å². The summed E-state index contributed by atoms with van der Waals surface area (Å²) in [5.74, 6) is 2.74. The highest BCUT2D eigenvalue weighted by Crippen LogP contribution is 2.30. The molecule has 0 spiro atoms. The topological polar surface area (TPSA) is 82.3 Å². The first-order chi connectivity index (χ1) is 15.5. The molecule has 1 aliphatic heterocycles. The smallest absolute Gasteiger partial charge is 0.416 e. The molecule has 2 aromatic heterocycles. The minimum atomic E-state index is -4.37. The van der Waals surface area contributed by atoms with E-state index < -0.39 is 11.7 Å². The van der Waals surface area contributed by atoms with Crippen molar-refractivity contribution in [2.75, 3.05) is 19.6 Å². The van der Waals surface area contributed by atoms with Crippen LogP contribution in [0.25, 0.3) is 0 Å². The summed E-state index contributed by atoms with van der Waals surface area (Å²) < 4.78 is 44.5. The molecule has 10 heteroatoms. The number of hydrogen-bond donors (Lipinski definition) is 2. The molecule has 0 unspecified atom stereocenters. The molecule has 0 saturated carbocycles. The highest BCUT2D eigenvalue weighted by Gasteiger charge is 2.30. The highest BCUT2D eigenvalue weighted by molar-refractivity contribution is 5.80. The molecule has 3 heterocycles. The number of halogens is 3. The number of nitrogens with one attached hydrogen (secondary N) is 2. The van der Waals surface area contributed by atoms with E-state index in [1.807, 2.05) is 12.1 Å². The Morgan fingerprint density at radius 3 is 2.75 bits per heavy atom. The standard InChI is InChI=1S/C22H25F3N6O/c23-22(24,25)18-4-1-3-16(13-18)14-27-21(26-9-6-19-5-2-12-32-19)31-10-7-17(8-11-31)20-28-15-29-30-20/h1-5,12-13,15,17H,6-11,14H2,(H,26,27)(H,28,29,30). The van der Waals surface area contributed by atoms with E-state index in [-0.39, 0.29) is 6.54 Å². The minimum absolute atomic E-state index is 0.162. The molecular formula is C22H25F3N6O. The zero-order valence-electron chi connectivity index (χ0n) is 17.5. The second-order valence-corrected chi connectivity index (χ2v) is 7.73. The number of likely N-dealkylation sites (tertiary alicyclic amines) is 1. The van der Waals surface area contributed by atoms with Crippen LogP contribution in [0.2, 0.25) is 0 Å². The van der Waals surface area contributed by atoms with Gasteiger partial charge in [-0.05, 0) is 42.7 Å². The molecule has 32 heavy (non-hydrogen) atoms. The van der Waals surface area contributed by atoms with Crippen LogP contribution in [0.4, 0.5) is 13.2 Å². The molecule has 0 radical (unpaired) electrons. The summed E-state index contributed by atoms with van der Waals surface area (Å²) in [6.07, 6.45) is 1.23. The Kier molecular flexibility index (Phi) is 6.77. The Labute approximate surface area is 183 Å². The molecule has 1 aromatic carbocycles. The SMILES string of the molecule is FC(F)(F)c1cccc(CN=C(NCCc2ccco2)N2CCC(c3ncn[nH]3)CC2)c1. The molecule has 1 aliphatic rings. The van der Waals surface area contributed by atoms with Gasteiger partial charge in [0.1, 0.15) is 17.9 Å². The first-order valence-electron chi connectivity index (χ1n) is 10.6. The number of guanidine groups is 1. The molecule has 2 N–H and O–H groups in total. The normalized spacial score (nSPS) is 15.8. The number of aliphatic imine (C=N–C) groups is 1. The van der Waals surface area contributed by atoms with E-state index in [4.69, 9.17) is 4.42 Å². The quantitative estimate of drug-likeness (QED) is 0.442. The van der Waals surface area contributed by atoms with Gasteiger partial charge in [-0.15, -0.1) is 0 Å². The largest absolute Gasteiger partial charge is 0.469 e. The van der Waals surface area contributed by atoms with Crippen LogP contribution in [-0.4, -0.2) is 45.7 Å². The lowest BCUT2D eigenvalue weighted by molar-refractivity contribution is -0.137. The van der Waals surface area contributed by atoms with Crippen molar-refractivity contribution in [3.05, 3.63) is 71.7 Å². The van der Waals surface area contributed by atoms with Gasteiger partial charge in [-0.25, -0.2) is 9.98 Å². The number of alkyl halides is 3. The predicted octanol–water partition coefficient (Wildman–Crippen LogP) is 3.98. The van der Waals surface area contributed by atoms with Crippen molar-refractivity contribution in [1.82, 2.24) is 25.4 Å². The first-order valence-corrected chi connectivity index (χ1v) is 10.6. The molecule has 0 bridgehead atoms. The summed E-state index contributed by atoms with van der Waals surface area (Å²) in [6, 6.07) is 9.05. The van der Waals surface area contributed by atoms with Gasteiger partial charge in [-0.1, -0.05) is 12.1 Å². The molecule has 4 rings (SSSR count). The van der Waals surface area contributed by atoms with Gasteiger partial charge in [0.2, 0.25) is 0 Å². The summed E-state index contributed by atoms with van der Waals surface area (Å²) in [4.78, 5) is 11.0. The Bertz CT molecular complexity index is 993. The van der Waals surface area contributed by atoms with Crippen LogP contribution in [0.5, 0.6) is 0 Å². The van der Waals surface area contributed by atoms with Gasteiger partial charge in [-0.3, -0.25) is 5.10 Å². The van der Waals surface area contributed by atoms with Gasteiger partial charge in [-0.2, -0.15) is 18.3 Å². The van der Waals surface area contributed by atoms with Crippen LogP contribution >= 0.6 is 0 Å². The number of piperidine rings is 1. The monoisotopic (exact) mass is 446 g/mol. The van der Waals surface area contributed by atoms with Crippen molar-refractivity contribution < 1.29 is 17.6 Å². The molecule has 0 amide bonds. The number of rotatable bonds is 6. The third kappa shape index (κ3) is 5.68. The van der Waals surface area contributed by atoms with E-state index in [1.165, 1.54) is 12.4 Å². The van der Waals surface area contributed by atoms with Gasteiger partial charge >= 0.3 is 6.18 Å². The lowest BCUT2D eigenvalue weighted by atomic mass is 9.96. The van der Waals surface area contributed by atoms with E-state index in [2.05, 4.69) is 30.4 Å². The minimum Gasteiger partial charge on any atom is -0.469 e. The van der Waals surface area contributed by atoms with Crippen molar-refractivity contribution in [3.8, 4) is 0 Å². The fourth-order valence-electron chi connectivity index (χ4n) is 3.81. The molecule has 3 aromatic rings. The number of furan rings is 1. The molecule has 0 aliphatic carbocycles. The Hall–Kier alpha value is -3.30. The van der Waals surface area contributed by atoms with Crippen LogP contribution in [0.15, 0.2) is 58.4 Å². The van der Waals surface area contributed by atoms with Crippen LogP contribution < -0.4 is 5.32 Å². The fourth-order valence-corrected chi connectivity index (χ4v) is 3.81. The maximum atomic E-state index is 13.0. The Morgan fingerprint density at radius 2 is 2.06 bits per heavy atom. The van der Waals surface area contributed by atoms with Crippen LogP contribution in [0.1, 0.15) is 41.5 Å². The molecule has 1 fully saturated rings. The number of aromatic amines is 1. The average molecular weight is 446 g/mol. The average Bonchev–Trinajstić information content (AvgIpc) is 3.50. The Balaban J connectivity index is 1.43. The highest BCUT2D eigenvalue weighted by atomic mass is 19.4. The van der Waals surface area contributed by atoms with Crippen molar-refractivity contribution in [2.24, 2.45) is 4.99 Å². The first kappa shape index (κ1) is 21.9. The van der Waals surface area contributed by atoms with Crippen molar-refractivity contribution >= 4 is 5.96 Å². The number of aromatic nitrogens is 3. The zero-order valence-corrected chi connectivity index (χ0v) is 17.5. The Morgan fingerprint density at radius 1 is 1.22 bits per heavy atom. The molecular weight excluding hydrogens is 421 g/mol. The third-order valence-corrected chi connectivity index (χ3v) is 5.52. The maximum Gasteiger partial charge on any atom is 0.416 e. The molecule has 0 atom stereocenters. The number of benzene rings is 1. The lowest BCUT2D eigenvalue weighted by Gasteiger charge is -2.33. The van der Waals surface area contributed by atoms with E-state index in [9.17, 15) is 13.2 Å². The van der Waals surface area contributed by atoms with E-state index in [1.54, 1.807) is 12.3 Å². The summed E-state index contributed by atoms with van der Waals surface area (Å²) >= 11 is 0. The fraction of sp³-hybridized carbons (Fsp3) is 0.409. The molecule has 7 nitrogen and oxygen atoms in total. The van der Waals surface area contributed by atoms with Gasteiger partial charge in [0, 0.05) is 32.0 Å². The second-order valence-electron chi connectivity index (χ2n) is 7.73. The molecule has 170 valence electrons. The summed E-state index contributed by atoms with van der Waals surface area (Å²) in [5, 5.41) is 10.2. The molecule has 1 saturated heterocycles. The van der Waals surface area contributed by atoms with Gasteiger partial charge in [0.05, 0.1) is 18.4 Å². The zero-order chi connectivity index (χ0) is 22.4.